The highest BCUT2D eigenvalue weighted by Crippen LogP contribution is 2.35. The van der Waals surface area contributed by atoms with Gasteiger partial charge < -0.3 is 15.7 Å². The Morgan fingerprint density at radius 3 is 2.47 bits per heavy atom. The van der Waals surface area contributed by atoms with Gasteiger partial charge in [-0.15, -0.1) is 0 Å². The Labute approximate surface area is 116 Å². The van der Waals surface area contributed by atoms with E-state index in [1.54, 1.807) is 18.0 Å². The average molecular weight is 277 g/mol. The fourth-order valence-electron chi connectivity index (χ4n) is 1.90. The standard InChI is InChI=1S/C14H13ClN2O2/c1-17(10-5-3-2-4-6-10)13-11(14(18)19)7-9(16)8-12(13)15/h2-8H,16H2,1H3,(H,18,19). The van der Waals surface area contributed by atoms with Gasteiger partial charge in [-0.2, -0.15) is 0 Å². The second kappa shape index (κ2) is 5.20. The first-order chi connectivity index (χ1) is 9.00. The molecule has 0 atom stereocenters. The third kappa shape index (κ3) is 2.63. The fraction of sp³-hybridized carbons (Fsp3) is 0.0714. The number of carboxylic acid groups (broad SMARTS) is 1. The minimum Gasteiger partial charge on any atom is -0.478 e. The number of nitrogens with two attached hydrogens (primary N) is 1. The van der Waals surface area contributed by atoms with E-state index >= 15 is 0 Å². The lowest BCUT2D eigenvalue weighted by atomic mass is 10.1. The van der Waals surface area contributed by atoms with Crippen molar-refractivity contribution in [3.8, 4) is 0 Å². The number of carboxylic acids is 1. The van der Waals surface area contributed by atoms with Crippen molar-refractivity contribution in [1.82, 2.24) is 0 Å². The van der Waals surface area contributed by atoms with Gasteiger partial charge in [0.15, 0.2) is 0 Å². The van der Waals surface area contributed by atoms with Crippen molar-refractivity contribution in [2.45, 2.75) is 0 Å². The molecule has 0 fully saturated rings. The monoisotopic (exact) mass is 276 g/mol. The molecular weight excluding hydrogens is 264 g/mol. The van der Waals surface area contributed by atoms with Crippen LogP contribution < -0.4 is 10.6 Å². The Kier molecular flexibility index (Phi) is 3.62. The van der Waals surface area contributed by atoms with Crippen LogP contribution in [0.1, 0.15) is 10.4 Å². The molecule has 0 aliphatic rings. The van der Waals surface area contributed by atoms with Crippen LogP contribution in [0.3, 0.4) is 0 Å². The molecule has 0 aliphatic heterocycles. The third-order valence-electron chi connectivity index (χ3n) is 2.80. The van der Waals surface area contributed by atoms with Crippen LogP contribution in [0, 0.1) is 0 Å². The molecular formula is C14H13ClN2O2. The molecule has 0 spiro atoms. The SMILES string of the molecule is CN(c1ccccc1)c1c(Cl)cc(N)cc1C(=O)O. The number of carbonyl (C=O) groups is 1. The number of hydrogen-bond donors (Lipinski definition) is 2. The summed E-state index contributed by atoms with van der Waals surface area (Å²) in [6, 6.07) is 12.3. The van der Waals surface area contributed by atoms with E-state index in [-0.39, 0.29) is 5.56 Å². The summed E-state index contributed by atoms with van der Waals surface area (Å²) in [7, 11) is 1.76. The molecule has 0 radical (unpaired) electrons. The number of para-hydroxylation sites is 1. The number of anilines is 3. The van der Waals surface area contributed by atoms with Crippen molar-refractivity contribution in [2.24, 2.45) is 0 Å². The summed E-state index contributed by atoms with van der Waals surface area (Å²) in [5, 5.41) is 9.58. The predicted molar refractivity (Wildman–Crippen MR) is 77.3 cm³/mol. The fourth-order valence-corrected chi connectivity index (χ4v) is 2.26. The number of nitrogen functional groups attached to an aromatic ring is 1. The van der Waals surface area contributed by atoms with Gasteiger partial charge in [0.25, 0.3) is 0 Å². The summed E-state index contributed by atoms with van der Waals surface area (Å²) in [6.07, 6.45) is 0. The molecule has 0 amide bonds. The van der Waals surface area contributed by atoms with E-state index in [0.29, 0.717) is 16.4 Å². The van der Waals surface area contributed by atoms with Crippen molar-refractivity contribution >= 4 is 34.6 Å². The van der Waals surface area contributed by atoms with E-state index in [1.165, 1.54) is 6.07 Å². The molecule has 0 bridgehead atoms. The molecule has 5 heteroatoms. The number of benzene rings is 2. The maximum atomic E-state index is 11.3. The molecule has 0 aromatic heterocycles. The Morgan fingerprint density at radius 1 is 1.26 bits per heavy atom. The van der Waals surface area contributed by atoms with Crippen molar-refractivity contribution in [1.29, 1.82) is 0 Å². The normalized spacial score (nSPS) is 10.2. The molecule has 4 nitrogen and oxygen atoms in total. The van der Waals surface area contributed by atoms with Gasteiger partial charge in [0.1, 0.15) is 0 Å². The maximum absolute atomic E-state index is 11.3. The van der Waals surface area contributed by atoms with Gasteiger partial charge in [-0.1, -0.05) is 29.8 Å². The highest BCUT2D eigenvalue weighted by Gasteiger charge is 2.19. The van der Waals surface area contributed by atoms with E-state index in [4.69, 9.17) is 17.3 Å². The first-order valence-electron chi connectivity index (χ1n) is 5.62. The summed E-state index contributed by atoms with van der Waals surface area (Å²) in [6.45, 7) is 0. The molecule has 0 heterocycles. The Morgan fingerprint density at radius 2 is 1.89 bits per heavy atom. The van der Waals surface area contributed by atoms with E-state index < -0.39 is 5.97 Å². The van der Waals surface area contributed by atoms with E-state index in [9.17, 15) is 9.90 Å². The van der Waals surface area contributed by atoms with Crippen LogP contribution in [-0.4, -0.2) is 18.1 Å². The zero-order valence-corrected chi connectivity index (χ0v) is 11.1. The van der Waals surface area contributed by atoms with Gasteiger partial charge in [0.2, 0.25) is 0 Å². The lowest BCUT2D eigenvalue weighted by Gasteiger charge is -2.23. The maximum Gasteiger partial charge on any atom is 0.337 e. The van der Waals surface area contributed by atoms with Gasteiger partial charge in [0.05, 0.1) is 16.3 Å². The second-order valence-corrected chi connectivity index (χ2v) is 4.51. The summed E-state index contributed by atoms with van der Waals surface area (Å²) >= 11 is 6.14. The number of hydrogen-bond acceptors (Lipinski definition) is 3. The molecule has 0 saturated carbocycles. The zero-order chi connectivity index (χ0) is 14.0. The smallest absolute Gasteiger partial charge is 0.337 e. The molecule has 0 unspecified atom stereocenters. The van der Waals surface area contributed by atoms with Crippen molar-refractivity contribution in [3.05, 3.63) is 53.1 Å². The van der Waals surface area contributed by atoms with Crippen LogP contribution in [0.5, 0.6) is 0 Å². The predicted octanol–water partition coefficient (Wildman–Crippen LogP) is 3.39. The largest absolute Gasteiger partial charge is 0.478 e. The van der Waals surface area contributed by atoms with Crippen LogP contribution in [0.2, 0.25) is 5.02 Å². The molecule has 2 aromatic carbocycles. The van der Waals surface area contributed by atoms with Crippen LogP contribution in [0.15, 0.2) is 42.5 Å². The summed E-state index contributed by atoms with van der Waals surface area (Å²) in [4.78, 5) is 13.0. The molecule has 2 aromatic rings. The molecule has 0 aliphatic carbocycles. The van der Waals surface area contributed by atoms with Gasteiger partial charge in [0, 0.05) is 18.4 Å². The highest BCUT2D eigenvalue weighted by molar-refractivity contribution is 6.34. The number of aromatic carboxylic acids is 1. The number of rotatable bonds is 3. The summed E-state index contributed by atoms with van der Waals surface area (Å²) < 4.78 is 0. The Balaban J connectivity index is 2.59. The molecule has 3 N–H and O–H groups in total. The molecule has 0 saturated heterocycles. The van der Waals surface area contributed by atoms with Crippen molar-refractivity contribution < 1.29 is 9.90 Å². The highest BCUT2D eigenvalue weighted by atomic mass is 35.5. The van der Waals surface area contributed by atoms with Crippen LogP contribution in [-0.2, 0) is 0 Å². The Bertz CT molecular complexity index is 614. The quantitative estimate of drug-likeness (QED) is 0.843. The van der Waals surface area contributed by atoms with Gasteiger partial charge in [-0.25, -0.2) is 4.79 Å². The Hall–Kier alpha value is -2.20. The van der Waals surface area contributed by atoms with E-state index in [1.807, 2.05) is 30.3 Å². The molecule has 98 valence electrons. The molecule has 19 heavy (non-hydrogen) atoms. The third-order valence-corrected chi connectivity index (χ3v) is 3.08. The minimum absolute atomic E-state index is 0.0800. The zero-order valence-electron chi connectivity index (χ0n) is 10.3. The lowest BCUT2D eigenvalue weighted by molar-refractivity contribution is 0.0697. The first kappa shape index (κ1) is 13.2. The number of nitrogens with zero attached hydrogens (tertiary/aromatic N) is 1. The second-order valence-electron chi connectivity index (χ2n) is 4.10. The lowest BCUT2D eigenvalue weighted by Crippen LogP contribution is -2.15. The minimum atomic E-state index is -1.06. The van der Waals surface area contributed by atoms with Gasteiger partial charge in [-0.05, 0) is 24.3 Å². The van der Waals surface area contributed by atoms with Crippen molar-refractivity contribution in [3.63, 3.8) is 0 Å². The summed E-state index contributed by atoms with van der Waals surface area (Å²) in [5.41, 5.74) is 7.31. The first-order valence-corrected chi connectivity index (χ1v) is 5.99. The van der Waals surface area contributed by atoms with E-state index in [2.05, 4.69) is 0 Å². The van der Waals surface area contributed by atoms with E-state index in [0.717, 1.165) is 5.69 Å². The van der Waals surface area contributed by atoms with Gasteiger partial charge >= 0.3 is 5.97 Å². The number of halogens is 1. The van der Waals surface area contributed by atoms with Crippen LogP contribution >= 0.6 is 11.6 Å². The van der Waals surface area contributed by atoms with Crippen molar-refractivity contribution in [2.75, 3.05) is 17.7 Å². The van der Waals surface area contributed by atoms with Gasteiger partial charge in [-0.3, -0.25) is 0 Å². The van der Waals surface area contributed by atoms with Crippen LogP contribution in [0.25, 0.3) is 0 Å². The molecule has 2 rings (SSSR count). The van der Waals surface area contributed by atoms with Crippen LogP contribution in [0.4, 0.5) is 17.1 Å². The average Bonchev–Trinajstić information content (AvgIpc) is 2.38. The summed E-state index contributed by atoms with van der Waals surface area (Å²) in [5.74, 6) is -1.06. The topological polar surface area (TPSA) is 66.6 Å².